The molecule has 0 amide bonds. The minimum Gasteiger partial charge on any atom is -0.462 e. The molecule has 64 heavy (non-hydrogen) atoms. The number of hydrogen-bond acceptors (Lipinski definition) is 6. The summed E-state index contributed by atoms with van der Waals surface area (Å²) in [6, 6.07) is 0. The van der Waals surface area contributed by atoms with Gasteiger partial charge in [0.1, 0.15) is 13.2 Å². The second-order valence-electron chi connectivity index (χ2n) is 17.7. The first kappa shape index (κ1) is 60.9. The minimum atomic E-state index is -0.794. The summed E-state index contributed by atoms with van der Waals surface area (Å²) in [6.07, 6.45) is 66.2. The molecule has 1 unspecified atom stereocenters. The molecule has 1 atom stereocenters. The van der Waals surface area contributed by atoms with Crippen molar-refractivity contribution < 1.29 is 28.6 Å². The number of carbonyl (C=O) groups excluding carboxylic acids is 3. The molecule has 0 aliphatic heterocycles. The molecule has 0 fully saturated rings. The molecule has 0 aromatic carbocycles. The van der Waals surface area contributed by atoms with Crippen molar-refractivity contribution in [3.8, 4) is 0 Å². The lowest BCUT2D eigenvalue weighted by Gasteiger charge is -2.18. The molecule has 0 saturated carbocycles. The Labute approximate surface area is 395 Å². The first-order valence-electron chi connectivity index (χ1n) is 26.9. The third kappa shape index (κ3) is 49.9. The highest BCUT2D eigenvalue weighted by Gasteiger charge is 2.19. The molecule has 368 valence electrons. The lowest BCUT2D eigenvalue weighted by atomic mass is 10.1. The van der Waals surface area contributed by atoms with Crippen LogP contribution in [0.15, 0.2) is 72.9 Å². The average Bonchev–Trinajstić information content (AvgIpc) is 3.29. The van der Waals surface area contributed by atoms with Gasteiger partial charge in [0.15, 0.2) is 6.10 Å². The number of hydrogen-bond donors (Lipinski definition) is 0. The smallest absolute Gasteiger partial charge is 0.306 e. The van der Waals surface area contributed by atoms with Crippen LogP contribution in [0.3, 0.4) is 0 Å². The molecule has 0 saturated heterocycles. The highest BCUT2D eigenvalue weighted by molar-refractivity contribution is 5.71. The predicted molar refractivity (Wildman–Crippen MR) is 274 cm³/mol. The van der Waals surface area contributed by atoms with Crippen molar-refractivity contribution in [3.05, 3.63) is 72.9 Å². The van der Waals surface area contributed by atoms with Gasteiger partial charge in [-0.3, -0.25) is 14.4 Å². The van der Waals surface area contributed by atoms with E-state index in [1.54, 1.807) is 0 Å². The van der Waals surface area contributed by atoms with Crippen molar-refractivity contribution in [2.24, 2.45) is 0 Å². The van der Waals surface area contributed by atoms with E-state index < -0.39 is 6.10 Å². The number of carbonyl (C=O) groups is 3. The molecule has 0 aliphatic carbocycles. The quantitative estimate of drug-likeness (QED) is 0.0262. The number of esters is 3. The van der Waals surface area contributed by atoms with Gasteiger partial charge in [0, 0.05) is 19.3 Å². The second kappa shape index (κ2) is 52.5. The normalized spacial score (nSPS) is 12.6. The number of allylic oxidation sites excluding steroid dienone is 12. The first-order valence-corrected chi connectivity index (χ1v) is 26.9. The van der Waals surface area contributed by atoms with Gasteiger partial charge >= 0.3 is 17.9 Å². The largest absolute Gasteiger partial charge is 0.462 e. The Kier molecular flexibility index (Phi) is 49.9. The molecular formula is C58H100O6. The topological polar surface area (TPSA) is 78.9 Å². The van der Waals surface area contributed by atoms with Crippen LogP contribution in [0.4, 0.5) is 0 Å². The molecule has 0 aliphatic rings. The summed E-state index contributed by atoms with van der Waals surface area (Å²) in [6.45, 7) is 6.37. The van der Waals surface area contributed by atoms with Crippen LogP contribution in [0, 0.1) is 0 Å². The Hall–Kier alpha value is -3.15. The Morgan fingerprint density at radius 3 is 1.00 bits per heavy atom. The molecule has 0 N–H and O–H groups in total. The second-order valence-corrected chi connectivity index (χ2v) is 17.7. The maximum atomic E-state index is 12.8. The maximum absolute atomic E-state index is 12.8. The minimum absolute atomic E-state index is 0.0917. The van der Waals surface area contributed by atoms with E-state index in [1.165, 1.54) is 116 Å². The summed E-state index contributed by atoms with van der Waals surface area (Å²) in [7, 11) is 0. The van der Waals surface area contributed by atoms with E-state index in [0.717, 1.165) is 103 Å². The SMILES string of the molecule is CC/C=C\C/C=C\C/C=C\CCCCCCCCCCCC(=O)OCC(COC(=O)CCCC/C=C\C/C=C\CC)OC(=O)CCCCCCC/C=C\CCCCCCCCCCC. The van der Waals surface area contributed by atoms with Crippen molar-refractivity contribution in [1.29, 1.82) is 0 Å². The summed E-state index contributed by atoms with van der Waals surface area (Å²) in [5.41, 5.74) is 0. The third-order valence-corrected chi connectivity index (χ3v) is 11.4. The Morgan fingerprint density at radius 2 is 0.609 bits per heavy atom. The van der Waals surface area contributed by atoms with Gasteiger partial charge in [-0.05, 0) is 103 Å². The van der Waals surface area contributed by atoms with E-state index >= 15 is 0 Å². The molecule has 0 aromatic heterocycles. The van der Waals surface area contributed by atoms with Crippen LogP contribution < -0.4 is 0 Å². The first-order chi connectivity index (χ1) is 31.5. The fourth-order valence-corrected chi connectivity index (χ4v) is 7.43. The van der Waals surface area contributed by atoms with E-state index in [1.807, 2.05) is 0 Å². The summed E-state index contributed by atoms with van der Waals surface area (Å²) in [5.74, 6) is -0.940. The Balaban J connectivity index is 4.32. The molecule has 0 bridgehead atoms. The van der Waals surface area contributed by atoms with Crippen molar-refractivity contribution in [2.45, 2.75) is 264 Å². The van der Waals surface area contributed by atoms with Crippen LogP contribution in [0.5, 0.6) is 0 Å². The lowest BCUT2D eigenvalue weighted by Crippen LogP contribution is -2.30. The third-order valence-electron chi connectivity index (χ3n) is 11.4. The van der Waals surface area contributed by atoms with Gasteiger partial charge in [-0.15, -0.1) is 0 Å². The fraction of sp³-hybridized carbons (Fsp3) is 0.741. The highest BCUT2D eigenvalue weighted by Crippen LogP contribution is 2.15. The van der Waals surface area contributed by atoms with Crippen molar-refractivity contribution >= 4 is 17.9 Å². The predicted octanol–water partition coefficient (Wildman–Crippen LogP) is 17.8. The molecule has 0 rings (SSSR count). The lowest BCUT2D eigenvalue weighted by molar-refractivity contribution is -0.167. The van der Waals surface area contributed by atoms with Crippen LogP contribution >= 0.6 is 0 Å². The van der Waals surface area contributed by atoms with Gasteiger partial charge in [-0.25, -0.2) is 0 Å². The van der Waals surface area contributed by atoms with Crippen molar-refractivity contribution in [3.63, 3.8) is 0 Å². The Morgan fingerprint density at radius 1 is 0.328 bits per heavy atom. The number of ether oxygens (including phenoxy) is 3. The molecule has 6 nitrogen and oxygen atoms in total. The highest BCUT2D eigenvalue weighted by atomic mass is 16.6. The van der Waals surface area contributed by atoms with Gasteiger partial charge in [-0.2, -0.15) is 0 Å². The number of rotatable bonds is 48. The van der Waals surface area contributed by atoms with Crippen LogP contribution in [0.1, 0.15) is 258 Å². The summed E-state index contributed by atoms with van der Waals surface area (Å²) in [5, 5.41) is 0. The van der Waals surface area contributed by atoms with Gasteiger partial charge in [0.25, 0.3) is 0 Å². The van der Waals surface area contributed by atoms with Crippen LogP contribution in [-0.2, 0) is 28.6 Å². The summed E-state index contributed by atoms with van der Waals surface area (Å²) >= 11 is 0. The zero-order valence-corrected chi connectivity index (χ0v) is 42.0. The van der Waals surface area contributed by atoms with Gasteiger partial charge < -0.3 is 14.2 Å². The maximum Gasteiger partial charge on any atom is 0.306 e. The van der Waals surface area contributed by atoms with Gasteiger partial charge in [-0.1, -0.05) is 209 Å². The van der Waals surface area contributed by atoms with E-state index in [9.17, 15) is 14.4 Å². The van der Waals surface area contributed by atoms with E-state index in [-0.39, 0.29) is 31.1 Å². The van der Waals surface area contributed by atoms with Gasteiger partial charge in [0.05, 0.1) is 0 Å². The van der Waals surface area contributed by atoms with E-state index in [2.05, 4.69) is 93.7 Å². The van der Waals surface area contributed by atoms with E-state index in [0.29, 0.717) is 19.3 Å². The van der Waals surface area contributed by atoms with Gasteiger partial charge in [0.2, 0.25) is 0 Å². The zero-order valence-electron chi connectivity index (χ0n) is 42.0. The molecule has 6 heteroatoms. The van der Waals surface area contributed by atoms with Crippen molar-refractivity contribution in [2.75, 3.05) is 13.2 Å². The van der Waals surface area contributed by atoms with Crippen LogP contribution in [-0.4, -0.2) is 37.2 Å². The number of unbranched alkanes of at least 4 members (excludes halogenated alkanes) is 25. The Bertz CT molecular complexity index is 1210. The summed E-state index contributed by atoms with van der Waals surface area (Å²) in [4.78, 5) is 37.9. The van der Waals surface area contributed by atoms with Crippen LogP contribution in [0.25, 0.3) is 0 Å². The molecule has 0 spiro atoms. The fourth-order valence-electron chi connectivity index (χ4n) is 7.43. The molecule has 0 aromatic rings. The zero-order chi connectivity index (χ0) is 46.5. The van der Waals surface area contributed by atoms with Crippen LogP contribution in [0.2, 0.25) is 0 Å². The molecule has 0 radical (unpaired) electrons. The van der Waals surface area contributed by atoms with Crippen molar-refractivity contribution in [1.82, 2.24) is 0 Å². The van der Waals surface area contributed by atoms with E-state index in [4.69, 9.17) is 14.2 Å². The monoisotopic (exact) mass is 893 g/mol. The molecular weight excluding hydrogens is 793 g/mol. The standard InChI is InChI=1S/C58H100O6/c1-4-7-10-13-16-19-21-23-25-27-29-31-32-34-36-39-42-45-48-51-57(60)63-54-55(53-62-56(59)50-47-44-41-38-18-15-12-9-6-3)64-58(61)52-49-46-43-40-37-35-33-30-28-26-24-22-20-17-14-11-8-5-2/h7,9-10,12,16,18-19,23,25,30,33,38,55H,4-6,8,11,13-15,17,20-22,24,26-29,31-32,34-37,39-54H2,1-3H3/b10-7-,12-9-,19-16-,25-23-,33-30-,38-18-. The average molecular weight is 893 g/mol. The summed E-state index contributed by atoms with van der Waals surface area (Å²) < 4.78 is 16.8. The molecule has 0 heterocycles.